The van der Waals surface area contributed by atoms with Crippen LogP contribution in [0, 0.1) is 0 Å². The highest BCUT2D eigenvalue weighted by Crippen LogP contribution is 2.33. The standard InChI is InChI=1S/C12H11NO/c1-3-10-12(13-4-2)9-7-5-6-8-11(9)14-10/h3-8H,1H2,2H3. The van der Waals surface area contributed by atoms with E-state index in [-0.39, 0.29) is 0 Å². The number of hydrogen-bond donors (Lipinski definition) is 0. The molecule has 0 unspecified atom stereocenters. The van der Waals surface area contributed by atoms with Crippen molar-refractivity contribution in [2.24, 2.45) is 4.99 Å². The normalized spacial score (nSPS) is 11.2. The molecule has 0 bridgehead atoms. The maximum Gasteiger partial charge on any atom is 0.153 e. The van der Waals surface area contributed by atoms with Crippen LogP contribution in [-0.2, 0) is 0 Å². The van der Waals surface area contributed by atoms with Crippen molar-refractivity contribution in [2.45, 2.75) is 6.92 Å². The molecule has 0 aliphatic rings. The summed E-state index contributed by atoms with van der Waals surface area (Å²) in [6.07, 6.45) is 3.44. The lowest BCUT2D eigenvalue weighted by atomic mass is 10.2. The predicted octanol–water partition coefficient (Wildman–Crippen LogP) is 3.80. The first-order valence-corrected chi connectivity index (χ1v) is 4.49. The van der Waals surface area contributed by atoms with E-state index >= 15 is 0 Å². The van der Waals surface area contributed by atoms with E-state index in [0.29, 0.717) is 0 Å². The van der Waals surface area contributed by atoms with Crippen LogP contribution in [0.5, 0.6) is 0 Å². The first-order valence-electron chi connectivity index (χ1n) is 4.49. The molecule has 0 radical (unpaired) electrons. The molecule has 0 amide bonds. The van der Waals surface area contributed by atoms with Gasteiger partial charge in [-0.1, -0.05) is 18.7 Å². The number of rotatable bonds is 2. The van der Waals surface area contributed by atoms with Gasteiger partial charge in [-0.25, -0.2) is 0 Å². The van der Waals surface area contributed by atoms with Gasteiger partial charge in [0.2, 0.25) is 0 Å². The molecule has 1 aromatic heterocycles. The SMILES string of the molecule is C=Cc1oc2ccccc2c1N=CC. The van der Waals surface area contributed by atoms with Crippen LogP contribution in [0.15, 0.2) is 40.3 Å². The number of para-hydroxylation sites is 1. The fourth-order valence-electron chi connectivity index (χ4n) is 1.45. The number of nitrogens with zero attached hydrogens (tertiary/aromatic N) is 1. The third kappa shape index (κ3) is 1.25. The molecule has 1 heterocycles. The lowest BCUT2D eigenvalue weighted by molar-refractivity contribution is 0.605. The zero-order valence-corrected chi connectivity index (χ0v) is 8.03. The zero-order chi connectivity index (χ0) is 9.97. The Balaban J connectivity index is 2.80. The van der Waals surface area contributed by atoms with Crippen LogP contribution < -0.4 is 0 Å². The largest absolute Gasteiger partial charge is 0.454 e. The molecule has 0 aliphatic carbocycles. The zero-order valence-electron chi connectivity index (χ0n) is 8.03. The third-order valence-corrected chi connectivity index (χ3v) is 2.04. The molecule has 70 valence electrons. The van der Waals surface area contributed by atoms with Crippen LogP contribution in [0.2, 0.25) is 0 Å². The molecule has 0 spiro atoms. The summed E-state index contributed by atoms with van der Waals surface area (Å²) in [5, 5.41) is 1.03. The number of aliphatic imine (C=N–C) groups is 1. The number of furan rings is 1. The van der Waals surface area contributed by atoms with Gasteiger partial charge < -0.3 is 4.42 Å². The molecule has 0 atom stereocenters. The van der Waals surface area contributed by atoms with Crippen molar-refractivity contribution in [1.82, 2.24) is 0 Å². The summed E-state index contributed by atoms with van der Waals surface area (Å²) in [7, 11) is 0. The van der Waals surface area contributed by atoms with Crippen LogP contribution in [0.3, 0.4) is 0 Å². The average Bonchev–Trinajstić information content (AvgIpc) is 2.58. The molecule has 0 saturated carbocycles. The third-order valence-electron chi connectivity index (χ3n) is 2.04. The molecule has 0 fully saturated rings. The van der Waals surface area contributed by atoms with Crippen molar-refractivity contribution in [3.05, 3.63) is 36.6 Å². The van der Waals surface area contributed by atoms with Gasteiger partial charge in [0.25, 0.3) is 0 Å². The summed E-state index contributed by atoms with van der Waals surface area (Å²) in [4.78, 5) is 4.28. The van der Waals surface area contributed by atoms with Crippen LogP contribution >= 0.6 is 0 Å². The maximum absolute atomic E-state index is 5.57. The molecule has 1 aromatic carbocycles. The minimum absolute atomic E-state index is 0.726. The van der Waals surface area contributed by atoms with Gasteiger partial charge in [0, 0.05) is 11.6 Å². The Kier molecular flexibility index (Phi) is 2.19. The first-order chi connectivity index (χ1) is 6.86. The van der Waals surface area contributed by atoms with Crippen molar-refractivity contribution in [1.29, 1.82) is 0 Å². The van der Waals surface area contributed by atoms with Gasteiger partial charge in [0.15, 0.2) is 5.76 Å². The van der Waals surface area contributed by atoms with Gasteiger partial charge >= 0.3 is 0 Å². The molecular weight excluding hydrogens is 174 g/mol. The minimum Gasteiger partial charge on any atom is -0.454 e. The van der Waals surface area contributed by atoms with E-state index in [1.54, 1.807) is 12.3 Å². The Hall–Kier alpha value is -1.83. The molecule has 0 N–H and O–H groups in total. The summed E-state index contributed by atoms with van der Waals surface area (Å²) in [5.41, 5.74) is 1.71. The number of fused-ring (bicyclic) bond motifs is 1. The number of hydrogen-bond acceptors (Lipinski definition) is 2. The second-order valence-corrected chi connectivity index (χ2v) is 2.90. The van der Waals surface area contributed by atoms with Gasteiger partial charge in [0.1, 0.15) is 11.3 Å². The summed E-state index contributed by atoms with van der Waals surface area (Å²) >= 11 is 0. The molecule has 0 saturated heterocycles. The van der Waals surface area contributed by atoms with Crippen molar-refractivity contribution >= 4 is 28.9 Å². The summed E-state index contributed by atoms with van der Waals surface area (Å²) < 4.78 is 5.57. The topological polar surface area (TPSA) is 25.5 Å². The van der Waals surface area contributed by atoms with Gasteiger partial charge in [-0.3, -0.25) is 4.99 Å². The van der Waals surface area contributed by atoms with E-state index < -0.39 is 0 Å². The second kappa shape index (κ2) is 3.50. The molecular formula is C12H11NO. The monoisotopic (exact) mass is 185 g/mol. The van der Waals surface area contributed by atoms with Crippen molar-refractivity contribution in [3.8, 4) is 0 Å². The van der Waals surface area contributed by atoms with E-state index in [9.17, 15) is 0 Å². The summed E-state index contributed by atoms with van der Waals surface area (Å²) in [5.74, 6) is 0.726. The van der Waals surface area contributed by atoms with E-state index in [2.05, 4.69) is 11.6 Å². The summed E-state index contributed by atoms with van der Waals surface area (Å²) in [6.45, 7) is 5.59. The highest BCUT2D eigenvalue weighted by Gasteiger charge is 2.08. The Morgan fingerprint density at radius 3 is 2.86 bits per heavy atom. The molecule has 2 heteroatoms. The van der Waals surface area contributed by atoms with E-state index in [1.165, 1.54) is 0 Å². The van der Waals surface area contributed by atoms with Crippen LogP contribution in [-0.4, -0.2) is 6.21 Å². The van der Waals surface area contributed by atoms with Gasteiger partial charge in [0.05, 0.1) is 0 Å². The van der Waals surface area contributed by atoms with E-state index in [0.717, 1.165) is 22.4 Å². The fraction of sp³-hybridized carbons (Fsp3) is 0.0833. The Labute approximate surface area is 82.6 Å². The van der Waals surface area contributed by atoms with Crippen molar-refractivity contribution in [2.75, 3.05) is 0 Å². The smallest absolute Gasteiger partial charge is 0.153 e. The van der Waals surface area contributed by atoms with Gasteiger partial charge in [-0.15, -0.1) is 0 Å². The average molecular weight is 185 g/mol. The quantitative estimate of drug-likeness (QED) is 0.653. The molecule has 2 aromatic rings. The lowest BCUT2D eigenvalue weighted by Gasteiger charge is -1.88. The van der Waals surface area contributed by atoms with Gasteiger partial charge in [-0.2, -0.15) is 0 Å². The van der Waals surface area contributed by atoms with Crippen molar-refractivity contribution < 1.29 is 4.42 Å². The fourth-order valence-corrected chi connectivity index (χ4v) is 1.45. The van der Waals surface area contributed by atoms with Crippen LogP contribution in [0.4, 0.5) is 5.69 Å². The Morgan fingerprint density at radius 2 is 2.14 bits per heavy atom. The summed E-state index contributed by atoms with van der Waals surface area (Å²) in [6, 6.07) is 7.84. The molecule has 2 rings (SSSR count). The van der Waals surface area contributed by atoms with E-state index in [4.69, 9.17) is 4.42 Å². The maximum atomic E-state index is 5.57. The van der Waals surface area contributed by atoms with Crippen LogP contribution in [0.25, 0.3) is 17.0 Å². The minimum atomic E-state index is 0.726. The Bertz CT molecular complexity index is 494. The van der Waals surface area contributed by atoms with Crippen molar-refractivity contribution in [3.63, 3.8) is 0 Å². The predicted molar refractivity (Wildman–Crippen MR) is 60.1 cm³/mol. The molecule has 0 aliphatic heterocycles. The van der Waals surface area contributed by atoms with Gasteiger partial charge in [-0.05, 0) is 25.1 Å². The molecule has 2 nitrogen and oxygen atoms in total. The highest BCUT2D eigenvalue weighted by molar-refractivity contribution is 5.94. The lowest BCUT2D eigenvalue weighted by Crippen LogP contribution is -1.66. The van der Waals surface area contributed by atoms with E-state index in [1.807, 2.05) is 31.2 Å². The second-order valence-electron chi connectivity index (χ2n) is 2.90. The number of benzene rings is 1. The Morgan fingerprint density at radius 1 is 1.36 bits per heavy atom. The first kappa shape index (κ1) is 8.75. The molecule has 14 heavy (non-hydrogen) atoms. The van der Waals surface area contributed by atoms with Crippen LogP contribution in [0.1, 0.15) is 12.7 Å². The highest BCUT2D eigenvalue weighted by atomic mass is 16.3.